The van der Waals surface area contributed by atoms with Crippen LogP contribution in [0.15, 0.2) is 24.3 Å². The average molecular weight is 332 g/mol. The Morgan fingerprint density at radius 2 is 2.44 bits per heavy atom. The van der Waals surface area contributed by atoms with E-state index < -0.39 is 0 Å². The van der Waals surface area contributed by atoms with E-state index in [0.29, 0.717) is 5.78 Å². The predicted octanol–water partition coefficient (Wildman–Crippen LogP) is 4.46. The molecule has 0 spiro atoms. The molecule has 0 aromatic heterocycles. The lowest BCUT2D eigenvalue weighted by Crippen LogP contribution is -2.23. The number of alkyl halides is 1. The highest BCUT2D eigenvalue weighted by atomic mass is 127. The van der Waals surface area contributed by atoms with Gasteiger partial charge in [0.05, 0.1) is 3.92 Å². The quantitative estimate of drug-likeness (QED) is 0.413. The SMILES string of the molecule is C=CCC(I)C(=O)C1=CC(C)(CC)CCC1. The van der Waals surface area contributed by atoms with E-state index in [9.17, 15) is 4.79 Å². The Morgan fingerprint density at radius 3 is 3.00 bits per heavy atom. The minimum absolute atomic E-state index is 0.0700. The molecule has 2 atom stereocenters. The van der Waals surface area contributed by atoms with Crippen LogP contribution in [0.3, 0.4) is 0 Å². The molecule has 1 aliphatic carbocycles. The Kier molecular flexibility index (Phi) is 5.22. The Hall–Kier alpha value is -0.120. The van der Waals surface area contributed by atoms with E-state index in [1.54, 1.807) is 0 Å². The first-order valence-corrected chi connectivity index (χ1v) is 7.28. The van der Waals surface area contributed by atoms with Crippen molar-refractivity contribution < 1.29 is 4.79 Å². The third-order valence-corrected chi connectivity index (χ3v) is 4.57. The molecular weight excluding hydrogens is 311 g/mol. The van der Waals surface area contributed by atoms with Crippen LogP contribution in [0.25, 0.3) is 0 Å². The number of carbonyl (C=O) groups is 1. The number of hydrogen-bond acceptors (Lipinski definition) is 1. The molecule has 0 aliphatic heterocycles. The monoisotopic (exact) mass is 332 g/mol. The highest BCUT2D eigenvalue weighted by Crippen LogP contribution is 2.37. The maximum Gasteiger partial charge on any atom is 0.171 e. The molecule has 0 saturated carbocycles. The molecule has 0 saturated heterocycles. The van der Waals surface area contributed by atoms with Gasteiger partial charge in [-0.05, 0) is 43.1 Å². The van der Waals surface area contributed by atoms with Gasteiger partial charge in [-0.25, -0.2) is 0 Å². The second-order valence-electron chi connectivity index (χ2n) is 4.89. The van der Waals surface area contributed by atoms with Gasteiger partial charge < -0.3 is 0 Å². The Bertz CT molecular complexity index is 306. The van der Waals surface area contributed by atoms with Crippen molar-refractivity contribution in [1.82, 2.24) is 0 Å². The standard InChI is InChI=1S/C14H21IO/c1-4-7-12(15)13(16)11-8-6-9-14(3,5-2)10-11/h4,10,12H,1,5-9H2,2-3H3. The second-order valence-corrected chi connectivity index (χ2v) is 6.39. The van der Waals surface area contributed by atoms with E-state index in [2.05, 4.69) is 49.1 Å². The molecule has 0 radical (unpaired) electrons. The summed E-state index contributed by atoms with van der Waals surface area (Å²) in [5, 5.41) is 0. The molecule has 0 heterocycles. The smallest absolute Gasteiger partial charge is 0.171 e. The Labute approximate surface area is 113 Å². The van der Waals surface area contributed by atoms with Crippen molar-refractivity contribution in [3.05, 3.63) is 24.3 Å². The van der Waals surface area contributed by atoms with Crippen LogP contribution in [0.1, 0.15) is 46.0 Å². The van der Waals surface area contributed by atoms with Gasteiger partial charge in [-0.15, -0.1) is 6.58 Å². The third-order valence-electron chi connectivity index (χ3n) is 3.50. The molecule has 1 nitrogen and oxygen atoms in total. The summed E-state index contributed by atoms with van der Waals surface area (Å²) >= 11 is 2.23. The largest absolute Gasteiger partial charge is 0.293 e. The number of rotatable bonds is 5. The number of halogens is 1. The summed E-state index contributed by atoms with van der Waals surface area (Å²) in [6, 6.07) is 0. The van der Waals surface area contributed by atoms with Gasteiger partial charge in [0.25, 0.3) is 0 Å². The average Bonchev–Trinajstić information content (AvgIpc) is 2.28. The lowest BCUT2D eigenvalue weighted by atomic mass is 9.75. The first kappa shape index (κ1) is 13.9. The molecule has 0 bridgehead atoms. The van der Waals surface area contributed by atoms with Gasteiger partial charge in [0.2, 0.25) is 0 Å². The van der Waals surface area contributed by atoms with Crippen molar-refractivity contribution in [3.8, 4) is 0 Å². The zero-order valence-electron chi connectivity index (χ0n) is 10.3. The minimum Gasteiger partial charge on any atom is -0.293 e. The van der Waals surface area contributed by atoms with Crippen LogP contribution < -0.4 is 0 Å². The molecule has 0 N–H and O–H groups in total. The minimum atomic E-state index is 0.0700. The summed E-state index contributed by atoms with van der Waals surface area (Å²) in [6.45, 7) is 8.16. The molecule has 0 fully saturated rings. The van der Waals surface area contributed by atoms with Crippen LogP contribution in [-0.4, -0.2) is 9.71 Å². The van der Waals surface area contributed by atoms with Crippen molar-refractivity contribution in [2.24, 2.45) is 5.41 Å². The van der Waals surface area contributed by atoms with Crippen LogP contribution >= 0.6 is 22.6 Å². The number of hydrogen-bond donors (Lipinski definition) is 0. The van der Waals surface area contributed by atoms with Gasteiger partial charge in [0.1, 0.15) is 0 Å². The van der Waals surface area contributed by atoms with Gasteiger partial charge in [0, 0.05) is 0 Å². The first-order chi connectivity index (χ1) is 7.52. The Morgan fingerprint density at radius 1 is 1.75 bits per heavy atom. The lowest BCUT2D eigenvalue weighted by molar-refractivity contribution is -0.115. The summed E-state index contributed by atoms with van der Waals surface area (Å²) in [7, 11) is 0. The van der Waals surface area contributed by atoms with Crippen molar-refractivity contribution in [1.29, 1.82) is 0 Å². The van der Waals surface area contributed by atoms with Crippen molar-refractivity contribution in [3.63, 3.8) is 0 Å². The van der Waals surface area contributed by atoms with Gasteiger partial charge >= 0.3 is 0 Å². The molecule has 1 aliphatic rings. The van der Waals surface area contributed by atoms with Crippen LogP contribution in [0.2, 0.25) is 0 Å². The zero-order valence-corrected chi connectivity index (χ0v) is 12.4. The fraction of sp³-hybridized carbons (Fsp3) is 0.643. The third kappa shape index (κ3) is 3.44. The molecule has 2 unspecified atom stereocenters. The van der Waals surface area contributed by atoms with E-state index in [4.69, 9.17) is 0 Å². The molecule has 0 amide bonds. The van der Waals surface area contributed by atoms with Crippen LogP contribution in [0.4, 0.5) is 0 Å². The van der Waals surface area contributed by atoms with Crippen molar-refractivity contribution in [2.75, 3.05) is 0 Å². The van der Waals surface area contributed by atoms with Gasteiger partial charge in [-0.3, -0.25) is 4.79 Å². The second kappa shape index (κ2) is 5.99. The first-order valence-electron chi connectivity index (χ1n) is 6.03. The van der Waals surface area contributed by atoms with Crippen LogP contribution in [0.5, 0.6) is 0 Å². The molecule has 16 heavy (non-hydrogen) atoms. The summed E-state index contributed by atoms with van der Waals surface area (Å²) < 4.78 is 0.0700. The van der Waals surface area contributed by atoms with Gasteiger partial charge in [0.15, 0.2) is 5.78 Å². The molecular formula is C14H21IO. The van der Waals surface area contributed by atoms with Crippen molar-refractivity contribution >= 4 is 28.4 Å². The van der Waals surface area contributed by atoms with Crippen molar-refractivity contribution in [2.45, 2.75) is 49.9 Å². The van der Waals surface area contributed by atoms with E-state index in [-0.39, 0.29) is 9.34 Å². The zero-order chi connectivity index (χ0) is 12.2. The number of carbonyl (C=O) groups excluding carboxylic acids is 1. The summed E-state index contributed by atoms with van der Waals surface area (Å²) in [5.41, 5.74) is 1.30. The topological polar surface area (TPSA) is 17.1 Å². The normalized spacial score (nSPS) is 27.1. The molecule has 2 heteroatoms. The predicted molar refractivity (Wildman–Crippen MR) is 78.0 cm³/mol. The van der Waals surface area contributed by atoms with Gasteiger partial charge in [-0.1, -0.05) is 48.6 Å². The van der Waals surface area contributed by atoms with Crippen LogP contribution in [-0.2, 0) is 4.79 Å². The van der Waals surface area contributed by atoms with E-state index in [0.717, 1.165) is 31.3 Å². The fourth-order valence-electron chi connectivity index (χ4n) is 2.18. The number of ketones is 1. The molecule has 0 aromatic carbocycles. The maximum atomic E-state index is 12.2. The van der Waals surface area contributed by atoms with E-state index >= 15 is 0 Å². The summed E-state index contributed by atoms with van der Waals surface area (Å²) in [6.07, 6.45) is 9.29. The summed E-state index contributed by atoms with van der Waals surface area (Å²) in [5.74, 6) is 0.319. The molecule has 0 aromatic rings. The summed E-state index contributed by atoms with van der Waals surface area (Å²) in [4.78, 5) is 12.2. The highest BCUT2D eigenvalue weighted by molar-refractivity contribution is 14.1. The molecule has 90 valence electrons. The maximum absolute atomic E-state index is 12.2. The number of allylic oxidation sites excluding steroid dienone is 3. The van der Waals surface area contributed by atoms with Gasteiger partial charge in [-0.2, -0.15) is 0 Å². The number of Topliss-reactive ketones (excluding diaryl/α,β-unsaturated/α-hetero) is 1. The Balaban J connectivity index is 2.79. The fourth-order valence-corrected chi connectivity index (χ4v) is 2.93. The molecule has 1 rings (SSSR count). The highest BCUT2D eigenvalue weighted by Gasteiger charge is 2.28. The van der Waals surface area contributed by atoms with Crippen LogP contribution in [0, 0.1) is 5.41 Å². The van der Waals surface area contributed by atoms with E-state index in [1.807, 2.05) is 6.08 Å². The lowest BCUT2D eigenvalue weighted by Gasteiger charge is -2.30. The van der Waals surface area contributed by atoms with E-state index in [1.165, 1.54) is 6.42 Å².